The number of hydrogen-bond donors (Lipinski definition) is 1. The zero-order chi connectivity index (χ0) is 18.7. The molecule has 0 unspecified atom stereocenters. The molecule has 3 aromatic rings. The van der Waals surface area contributed by atoms with Crippen LogP contribution in [0.4, 0.5) is 15.9 Å². The molecule has 26 heavy (non-hydrogen) atoms. The van der Waals surface area contributed by atoms with Gasteiger partial charge in [-0.1, -0.05) is 0 Å². The lowest BCUT2D eigenvalue weighted by Crippen LogP contribution is -2.13. The number of nitrogens with zero attached hydrogens (tertiary/aromatic N) is 4. The Morgan fingerprint density at radius 2 is 2.00 bits per heavy atom. The quantitative estimate of drug-likeness (QED) is 0.707. The van der Waals surface area contributed by atoms with Crippen LogP contribution in [0.1, 0.15) is 28.7 Å². The normalized spacial score (nSPS) is 10.6. The largest absolute Gasteiger partial charge is 0.462 e. The van der Waals surface area contributed by atoms with Gasteiger partial charge in [0.15, 0.2) is 5.82 Å². The Morgan fingerprint density at radius 3 is 2.62 bits per heavy atom. The van der Waals surface area contributed by atoms with Crippen LogP contribution in [0.2, 0.25) is 0 Å². The number of halogens is 1. The molecular formula is C18H18FN5O2. The molecule has 1 aromatic carbocycles. The summed E-state index contributed by atoms with van der Waals surface area (Å²) in [5.74, 6) is -0.329. The van der Waals surface area contributed by atoms with E-state index in [1.165, 1.54) is 18.3 Å². The molecule has 0 aliphatic carbocycles. The van der Waals surface area contributed by atoms with Crippen LogP contribution in [-0.2, 0) is 4.74 Å². The predicted molar refractivity (Wildman–Crippen MR) is 94.3 cm³/mol. The van der Waals surface area contributed by atoms with Crippen LogP contribution in [0.5, 0.6) is 0 Å². The lowest BCUT2D eigenvalue weighted by atomic mass is 10.2. The molecule has 1 N–H and O–H groups in total. The highest BCUT2D eigenvalue weighted by Gasteiger charge is 2.18. The topological polar surface area (TPSA) is 81.9 Å². The molecule has 0 aliphatic rings. The van der Waals surface area contributed by atoms with Crippen molar-refractivity contribution in [3.05, 3.63) is 59.3 Å². The number of carbonyl (C=O) groups is 1. The summed E-state index contributed by atoms with van der Waals surface area (Å²) in [5.41, 5.74) is 2.45. The number of anilines is 2. The summed E-state index contributed by atoms with van der Waals surface area (Å²) in [6, 6.07) is 7.63. The number of esters is 1. The number of carbonyl (C=O) groups excluding carboxylic acids is 1. The standard InChI is InChI=1S/C18H18FN5O2/c1-4-26-17(25)15-10-20-18(24-12(3)9-11(2)23-24)22-16(15)21-14-7-5-13(19)6-8-14/h5-10H,4H2,1-3H3,(H,20,21,22). The fourth-order valence-electron chi connectivity index (χ4n) is 2.43. The number of rotatable bonds is 5. The zero-order valence-corrected chi connectivity index (χ0v) is 14.7. The maximum atomic E-state index is 13.1. The molecule has 2 aromatic heterocycles. The summed E-state index contributed by atoms with van der Waals surface area (Å²) in [4.78, 5) is 20.9. The van der Waals surface area contributed by atoms with Gasteiger partial charge in [-0.25, -0.2) is 18.9 Å². The number of nitrogens with one attached hydrogen (secondary N) is 1. The van der Waals surface area contributed by atoms with Crippen molar-refractivity contribution in [2.75, 3.05) is 11.9 Å². The minimum Gasteiger partial charge on any atom is -0.462 e. The van der Waals surface area contributed by atoms with Crippen molar-refractivity contribution in [1.82, 2.24) is 19.7 Å². The molecule has 8 heteroatoms. The van der Waals surface area contributed by atoms with E-state index < -0.39 is 5.97 Å². The van der Waals surface area contributed by atoms with Crippen molar-refractivity contribution >= 4 is 17.5 Å². The van der Waals surface area contributed by atoms with Crippen LogP contribution in [0, 0.1) is 19.7 Å². The van der Waals surface area contributed by atoms with Crippen LogP contribution in [0.15, 0.2) is 36.5 Å². The Labute approximate surface area is 149 Å². The van der Waals surface area contributed by atoms with Gasteiger partial charge >= 0.3 is 5.97 Å². The first-order valence-corrected chi connectivity index (χ1v) is 8.08. The van der Waals surface area contributed by atoms with E-state index in [-0.39, 0.29) is 23.8 Å². The van der Waals surface area contributed by atoms with Gasteiger partial charge in [-0.2, -0.15) is 10.1 Å². The van der Waals surface area contributed by atoms with Crippen LogP contribution in [0.3, 0.4) is 0 Å². The van der Waals surface area contributed by atoms with E-state index >= 15 is 0 Å². The number of ether oxygens (including phenoxy) is 1. The van der Waals surface area contributed by atoms with E-state index in [0.29, 0.717) is 11.6 Å². The monoisotopic (exact) mass is 355 g/mol. The summed E-state index contributed by atoms with van der Waals surface area (Å²) < 4.78 is 19.8. The lowest BCUT2D eigenvalue weighted by Gasteiger charge is -2.12. The maximum Gasteiger partial charge on any atom is 0.343 e. The lowest BCUT2D eigenvalue weighted by molar-refractivity contribution is 0.0526. The highest BCUT2D eigenvalue weighted by atomic mass is 19.1. The Morgan fingerprint density at radius 1 is 1.27 bits per heavy atom. The Kier molecular flexibility index (Phi) is 4.92. The van der Waals surface area contributed by atoms with Crippen LogP contribution in [-0.4, -0.2) is 32.3 Å². The second-order valence-electron chi connectivity index (χ2n) is 5.62. The average molecular weight is 355 g/mol. The van der Waals surface area contributed by atoms with Crippen molar-refractivity contribution in [2.45, 2.75) is 20.8 Å². The Bertz CT molecular complexity index is 937. The molecule has 0 bridgehead atoms. The molecule has 0 atom stereocenters. The Hall–Kier alpha value is -3.29. The molecule has 0 radical (unpaired) electrons. The third kappa shape index (κ3) is 3.69. The molecule has 7 nitrogen and oxygen atoms in total. The molecule has 0 saturated heterocycles. The van der Waals surface area contributed by atoms with Crippen molar-refractivity contribution in [3.8, 4) is 5.95 Å². The van der Waals surface area contributed by atoms with Gasteiger partial charge in [0.1, 0.15) is 11.4 Å². The molecule has 2 heterocycles. The second-order valence-corrected chi connectivity index (χ2v) is 5.62. The molecule has 0 fully saturated rings. The summed E-state index contributed by atoms with van der Waals surface area (Å²) in [5, 5.41) is 7.36. The van der Waals surface area contributed by atoms with Gasteiger partial charge in [0, 0.05) is 17.6 Å². The predicted octanol–water partition coefficient (Wildman–Crippen LogP) is 3.34. The van der Waals surface area contributed by atoms with Gasteiger partial charge in [0.05, 0.1) is 12.3 Å². The average Bonchev–Trinajstić information content (AvgIpc) is 2.95. The van der Waals surface area contributed by atoms with Crippen molar-refractivity contribution in [1.29, 1.82) is 0 Å². The fraction of sp³-hybridized carbons (Fsp3) is 0.222. The number of hydrogen-bond acceptors (Lipinski definition) is 6. The van der Waals surface area contributed by atoms with Gasteiger partial charge < -0.3 is 10.1 Å². The van der Waals surface area contributed by atoms with E-state index in [0.717, 1.165) is 11.4 Å². The minimum atomic E-state index is -0.544. The molecule has 0 saturated carbocycles. The van der Waals surface area contributed by atoms with E-state index in [1.54, 1.807) is 23.7 Å². The fourth-order valence-corrected chi connectivity index (χ4v) is 2.43. The van der Waals surface area contributed by atoms with Crippen molar-refractivity contribution in [3.63, 3.8) is 0 Å². The first-order valence-electron chi connectivity index (χ1n) is 8.08. The Balaban J connectivity index is 2.04. The SMILES string of the molecule is CCOC(=O)c1cnc(-n2nc(C)cc2C)nc1Nc1ccc(F)cc1. The first kappa shape index (κ1) is 17.5. The van der Waals surface area contributed by atoms with E-state index in [9.17, 15) is 9.18 Å². The molecule has 134 valence electrons. The second kappa shape index (κ2) is 7.30. The van der Waals surface area contributed by atoms with Gasteiger partial charge in [0.2, 0.25) is 0 Å². The van der Waals surface area contributed by atoms with Crippen molar-refractivity contribution < 1.29 is 13.9 Å². The van der Waals surface area contributed by atoms with Crippen LogP contribution >= 0.6 is 0 Å². The zero-order valence-electron chi connectivity index (χ0n) is 14.7. The number of aryl methyl sites for hydroxylation is 2. The summed E-state index contributed by atoms with van der Waals surface area (Å²) in [7, 11) is 0. The molecule has 0 aliphatic heterocycles. The van der Waals surface area contributed by atoms with Gasteiger partial charge in [-0.15, -0.1) is 0 Å². The van der Waals surface area contributed by atoms with Crippen LogP contribution < -0.4 is 5.32 Å². The maximum absolute atomic E-state index is 13.1. The number of aromatic nitrogens is 4. The number of benzene rings is 1. The molecular weight excluding hydrogens is 337 g/mol. The highest BCUT2D eigenvalue weighted by Crippen LogP contribution is 2.21. The minimum absolute atomic E-state index is 0.182. The van der Waals surface area contributed by atoms with E-state index in [4.69, 9.17) is 4.74 Å². The van der Waals surface area contributed by atoms with Gasteiger partial charge in [-0.05, 0) is 51.1 Å². The smallest absolute Gasteiger partial charge is 0.343 e. The third-order valence-corrected chi connectivity index (χ3v) is 3.58. The van der Waals surface area contributed by atoms with E-state index in [2.05, 4.69) is 20.4 Å². The molecule has 0 amide bonds. The van der Waals surface area contributed by atoms with E-state index in [1.807, 2.05) is 19.9 Å². The first-order chi connectivity index (χ1) is 12.5. The summed E-state index contributed by atoms with van der Waals surface area (Å²) in [6.45, 7) is 5.70. The molecule has 3 rings (SSSR count). The summed E-state index contributed by atoms with van der Waals surface area (Å²) >= 11 is 0. The van der Waals surface area contributed by atoms with Crippen LogP contribution in [0.25, 0.3) is 5.95 Å². The van der Waals surface area contributed by atoms with Gasteiger partial charge in [-0.3, -0.25) is 0 Å². The third-order valence-electron chi connectivity index (χ3n) is 3.58. The van der Waals surface area contributed by atoms with Crippen molar-refractivity contribution in [2.24, 2.45) is 0 Å². The molecule has 0 spiro atoms. The van der Waals surface area contributed by atoms with Gasteiger partial charge in [0.25, 0.3) is 5.95 Å². The highest BCUT2D eigenvalue weighted by molar-refractivity contribution is 5.95. The summed E-state index contributed by atoms with van der Waals surface area (Å²) in [6.07, 6.45) is 1.39.